The van der Waals surface area contributed by atoms with Gasteiger partial charge in [-0.25, -0.2) is 5.43 Å². The Bertz CT molecular complexity index is 690. The molecule has 0 saturated carbocycles. The number of carbonyl (C=O) groups excluding carboxylic acids is 1. The van der Waals surface area contributed by atoms with Crippen LogP contribution in [0.25, 0.3) is 11.0 Å². The summed E-state index contributed by atoms with van der Waals surface area (Å²) < 4.78 is 5.67. The van der Waals surface area contributed by atoms with Crippen LogP contribution in [0.2, 0.25) is 0 Å². The summed E-state index contributed by atoms with van der Waals surface area (Å²) in [6.07, 6.45) is 5.28. The number of fused-ring (bicyclic) bond motifs is 1. The van der Waals surface area contributed by atoms with Gasteiger partial charge in [0.2, 0.25) is 0 Å². The Morgan fingerprint density at radius 1 is 1.30 bits per heavy atom. The van der Waals surface area contributed by atoms with Crippen LogP contribution in [0.1, 0.15) is 30.6 Å². The summed E-state index contributed by atoms with van der Waals surface area (Å²) in [4.78, 5) is 14.1. The van der Waals surface area contributed by atoms with Gasteiger partial charge in [0.1, 0.15) is 11.3 Å². The maximum atomic E-state index is 11.9. The van der Waals surface area contributed by atoms with Gasteiger partial charge in [-0.1, -0.05) is 24.6 Å². The van der Waals surface area contributed by atoms with E-state index >= 15 is 0 Å². The molecular formula is C17H22ClN3O2. The zero-order valence-corrected chi connectivity index (χ0v) is 14.1. The van der Waals surface area contributed by atoms with Gasteiger partial charge in [0.05, 0.1) is 12.8 Å². The van der Waals surface area contributed by atoms with Crippen molar-refractivity contribution in [3.05, 3.63) is 35.6 Å². The van der Waals surface area contributed by atoms with E-state index in [1.54, 1.807) is 6.21 Å². The molecule has 1 aromatic carbocycles. The summed E-state index contributed by atoms with van der Waals surface area (Å²) in [5, 5.41) is 5.09. The number of likely N-dealkylation sites (tertiary alicyclic amines) is 1. The van der Waals surface area contributed by atoms with E-state index in [1.165, 1.54) is 19.3 Å². The number of rotatable bonds is 4. The SMILES string of the molecule is Cc1oc2ccccc2c1/C=N\NC(=O)CN1CCCCC1.Cl. The third kappa shape index (κ3) is 4.33. The second kappa shape index (κ2) is 8.13. The topological polar surface area (TPSA) is 57.8 Å². The van der Waals surface area contributed by atoms with Gasteiger partial charge in [-0.15, -0.1) is 12.4 Å². The molecule has 6 heteroatoms. The third-order valence-electron chi connectivity index (χ3n) is 4.02. The van der Waals surface area contributed by atoms with Crippen LogP contribution in [-0.2, 0) is 4.79 Å². The first-order valence-corrected chi connectivity index (χ1v) is 7.76. The average molecular weight is 336 g/mol. The summed E-state index contributed by atoms with van der Waals surface area (Å²) in [6, 6.07) is 7.81. The van der Waals surface area contributed by atoms with E-state index in [0.29, 0.717) is 6.54 Å². The molecule has 3 rings (SSSR count). The van der Waals surface area contributed by atoms with Crippen molar-refractivity contribution in [1.29, 1.82) is 0 Å². The number of carbonyl (C=O) groups is 1. The highest BCUT2D eigenvalue weighted by Crippen LogP contribution is 2.23. The fourth-order valence-electron chi connectivity index (χ4n) is 2.87. The van der Waals surface area contributed by atoms with E-state index in [1.807, 2.05) is 31.2 Å². The molecule has 1 fully saturated rings. The van der Waals surface area contributed by atoms with Crippen LogP contribution in [0.3, 0.4) is 0 Å². The van der Waals surface area contributed by atoms with Crippen LogP contribution >= 0.6 is 12.4 Å². The van der Waals surface area contributed by atoms with Crippen molar-refractivity contribution < 1.29 is 9.21 Å². The summed E-state index contributed by atoms with van der Waals surface area (Å²) in [5.41, 5.74) is 4.35. The van der Waals surface area contributed by atoms with Gasteiger partial charge in [-0.3, -0.25) is 9.69 Å². The van der Waals surface area contributed by atoms with E-state index in [0.717, 1.165) is 35.4 Å². The van der Waals surface area contributed by atoms with Gasteiger partial charge in [0.25, 0.3) is 5.91 Å². The molecule has 1 aromatic heterocycles. The number of amides is 1. The first-order chi connectivity index (χ1) is 10.7. The fraction of sp³-hybridized carbons (Fsp3) is 0.412. The Kier molecular flexibility index (Phi) is 6.19. The number of aryl methyl sites for hydroxylation is 1. The molecule has 1 saturated heterocycles. The lowest BCUT2D eigenvalue weighted by molar-refractivity contribution is -0.122. The fourth-order valence-corrected chi connectivity index (χ4v) is 2.87. The number of furan rings is 1. The van der Waals surface area contributed by atoms with Crippen LogP contribution < -0.4 is 5.43 Å². The first-order valence-electron chi connectivity index (χ1n) is 7.76. The summed E-state index contributed by atoms with van der Waals surface area (Å²) in [5.74, 6) is 0.735. The van der Waals surface area contributed by atoms with Gasteiger partial charge < -0.3 is 4.42 Å². The highest BCUT2D eigenvalue weighted by Gasteiger charge is 2.13. The zero-order chi connectivity index (χ0) is 15.4. The second-order valence-electron chi connectivity index (χ2n) is 5.70. The van der Waals surface area contributed by atoms with Crippen molar-refractivity contribution in [2.45, 2.75) is 26.2 Å². The molecule has 0 spiro atoms. The number of nitrogens with one attached hydrogen (secondary N) is 1. The van der Waals surface area contributed by atoms with E-state index in [2.05, 4.69) is 15.4 Å². The zero-order valence-electron chi connectivity index (χ0n) is 13.2. The van der Waals surface area contributed by atoms with Gasteiger partial charge in [0, 0.05) is 10.9 Å². The van der Waals surface area contributed by atoms with E-state index in [9.17, 15) is 4.79 Å². The number of piperidine rings is 1. The number of hydrogen-bond acceptors (Lipinski definition) is 4. The van der Waals surface area contributed by atoms with Gasteiger partial charge in [-0.2, -0.15) is 5.10 Å². The molecule has 1 aliphatic rings. The van der Waals surface area contributed by atoms with E-state index in [-0.39, 0.29) is 18.3 Å². The van der Waals surface area contributed by atoms with Gasteiger partial charge >= 0.3 is 0 Å². The second-order valence-corrected chi connectivity index (χ2v) is 5.70. The van der Waals surface area contributed by atoms with E-state index in [4.69, 9.17) is 4.42 Å². The molecule has 2 heterocycles. The minimum atomic E-state index is -0.0661. The molecule has 0 atom stereocenters. The summed E-state index contributed by atoms with van der Waals surface area (Å²) >= 11 is 0. The number of halogens is 1. The van der Waals surface area contributed by atoms with Crippen LogP contribution in [0, 0.1) is 6.92 Å². The number of nitrogens with zero attached hydrogens (tertiary/aromatic N) is 2. The number of benzene rings is 1. The standard InChI is InChI=1S/C17H21N3O2.ClH/c1-13-15(14-7-3-4-8-16(14)22-13)11-18-19-17(21)12-20-9-5-2-6-10-20;/h3-4,7-8,11H,2,5-6,9-10,12H2,1H3,(H,19,21);1H/b18-11-;. The number of hydrazone groups is 1. The molecule has 23 heavy (non-hydrogen) atoms. The number of hydrogen-bond donors (Lipinski definition) is 1. The molecule has 0 bridgehead atoms. The molecule has 0 unspecified atom stereocenters. The highest BCUT2D eigenvalue weighted by atomic mass is 35.5. The molecule has 0 radical (unpaired) electrons. The maximum absolute atomic E-state index is 11.9. The predicted octanol–water partition coefficient (Wildman–Crippen LogP) is 3.10. The number of para-hydroxylation sites is 1. The summed E-state index contributed by atoms with van der Waals surface area (Å²) in [6.45, 7) is 4.32. The normalized spacial score (nSPS) is 15.7. The Morgan fingerprint density at radius 2 is 2.04 bits per heavy atom. The summed E-state index contributed by atoms with van der Waals surface area (Å²) in [7, 11) is 0. The quantitative estimate of drug-likeness (QED) is 0.690. The molecule has 1 amide bonds. The smallest absolute Gasteiger partial charge is 0.254 e. The van der Waals surface area contributed by atoms with E-state index < -0.39 is 0 Å². The van der Waals surface area contributed by atoms with Crippen molar-refractivity contribution in [3.63, 3.8) is 0 Å². The Labute approximate surface area is 142 Å². The third-order valence-corrected chi connectivity index (χ3v) is 4.02. The highest BCUT2D eigenvalue weighted by molar-refractivity contribution is 5.99. The molecule has 0 aliphatic carbocycles. The molecular weight excluding hydrogens is 314 g/mol. The maximum Gasteiger partial charge on any atom is 0.254 e. The average Bonchev–Trinajstić information content (AvgIpc) is 2.84. The monoisotopic (exact) mass is 335 g/mol. The predicted molar refractivity (Wildman–Crippen MR) is 94.2 cm³/mol. The largest absolute Gasteiger partial charge is 0.461 e. The molecule has 1 aliphatic heterocycles. The molecule has 2 aromatic rings. The Morgan fingerprint density at radius 3 is 2.83 bits per heavy atom. The molecule has 124 valence electrons. The van der Waals surface area contributed by atoms with Crippen molar-refractivity contribution in [1.82, 2.24) is 10.3 Å². The van der Waals surface area contributed by atoms with Gasteiger partial charge in [-0.05, 0) is 38.9 Å². The lowest BCUT2D eigenvalue weighted by atomic mass is 10.1. The van der Waals surface area contributed by atoms with Crippen molar-refractivity contribution >= 4 is 35.5 Å². The van der Waals surface area contributed by atoms with Gasteiger partial charge in [0.15, 0.2) is 0 Å². The minimum Gasteiger partial charge on any atom is -0.461 e. The van der Waals surface area contributed by atoms with Crippen molar-refractivity contribution in [2.24, 2.45) is 5.10 Å². The molecule has 1 N–H and O–H groups in total. The van der Waals surface area contributed by atoms with Crippen LogP contribution in [0.15, 0.2) is 33.8 Å². The Hall–Kier alpha value is -1.85. The van der Waals surface area contributed by atoms with Crippen LogP contribution in [-0.4, -0.2) is 36.7 Å². The van der Waals surface area contributed by atoms with Crippen LogP contribution in [0.5, 0.6) is 0 Å². The van der Waals surface area contributed by atoms with Crippen molar-refractivity contribution in [2.75, 3.05) is 19.6 Å². The lowest BCUT2D eigenvalue weighted by Crippen LogP contribution is -2.38. The molecule has 5 nitrogen and oxygen atoms in total. The Balaban J connectivity index is 0.00000192. The minimum absolute atomic E-state index is 0. The van der Waals surface area contributed by atoms with Crippen molar-refractivity contribution in [3.8, 4) is 0 Å². The lowest BCUT2D eigenvalue weighted by Gasteiger charge is -2.25. The van der Waals surface area contributed by atoms with Crippen LogP contribution in [0.4, 0.5) is 0 Å². The first kappa shape index (κ1) is 17.5.